The molecule has 0 spiro atoms. The number of carbonyl (C=O) groups is 1. The van der Waals surface area contributed by atoms with Crippen molar-refractivity contribution in [3.63, 3.8) is 0 Å². The lowest BCUT2D eigenvalue weighted by Gasteiger charge is -2.26. The van der Waals surface area contributed by atoms with Gasteiger partial charge in [-0.05, 0) is 71.8 Å². The molecule has 1 aromatic heterocycles. The van der Waals surface area contributed by atoms with Gasteiger partial charge in [-0.25, -0.2) is 17.2 Å². The fourth-order valence-electron chi connectivity index (χ4n) is 5.45. The first kappa shape index (κ1) is 27.4. The Morgan fingerprint density at radius 1 is 1.15 bits per heavy atom. The second kappa shape index (κ2) is 10.3. The topological polar surface area (TPSA) is 123 Å². The molecule has 3 aromatic carbocycles. The Hall–Kier alpha value is -3.74. The monoisotopic (exact) mass is 580 g/mol. The molecule has 1 aliphatic carbocycles. The number of fused-ring (bicyclic) bond motifs is 2. The van der Waals surface area contributed by atoms with E-state index < -0.39 is 34.7 Å². The third-order valence-corrected chi connectivity index (χ3v) is 8.80. The Kier molecular flexibility index (Phi) is 6.87. The lowest BCUT2D eigenvalue weighted by atomic mass is 9.78. The molecule has 8 nitrogen and oxygen atoms in total. The zero-order valence-corrected chi connectivity index (χ0v) is 23.0. The first-order valence-electron chi connectivity index (χ1n) is 13.2. The van der Waals surface area contributed by atoms with Gasteiger partial charge in [0, 0.05) is 22.5 Å². The fourth-order valence-corrected chi connectivity index (χ4v) is 6.36. The molecule has 212 valence electrons. The molecule has 0 unspecified atom stereocenters. The first-order valence-corrected chi connectivity index (χ1v) is 15.1. The van der Waals surface area contributed by atoms with E-state index in [0.717, 1.165) is 25.5 Å². The van der Waals surface area contributed by atoms with Crippen molar-refractivity contribution in [3.05, 3.63) is 82.4 Å². The van der Waals surface area contributed by atoms with Crippen molar-refractivity contribution in [3.8, 4) is 11.3 Å². The molecule has 6 rings (SSSR count). The number of aryl methyl sites for hydroxylation is 1. The molecule has 4 aromatic rings. The lowest BCUT2D eigenvalue weighted by molar-refractivity contribution is 0.100. The van der Waals surface area contributed by atoms with Crippen LogP contribution in [0.15, 0.2) is 52.9 Å². The predicted octanol–water partition coefficient (Wildman–Crippen LogP) is 4.00. The minimum atomic E-state index is -3.89. The average Bonchev–Trinajstić information content (AvgIpc) is 3.55. The minimum absolute atomic E-state index is 0.00713. The molecule has 1 aliphatic heterocycles. The van der Waals surface area contributed by atoms with E-state index in [1.807, 2.05) is 0 Å². The first-order chi connectivity index (χ1) is 19.5. The highest BCUT2D eigenvalue weighted by atomic mass is 32.2. The predicted molar refractivity (Wildman–Crippen MR) is 151 cm³/mol. The van der Waals surface area contributed by atoms with Crippen LogP contribution in [0.4, 0.5) is 14.5 Å². The van der Waals surface area contributed by atoms with Crippen molar-refractivity contribution in [1.29, 1.82) is 0 Å². The molecule has 0 bridgehead atoms. The second-order valence-electron chi connectivity index (χ2n) is 10.7. The summed E-state index contributed by atoms with van der Waals surface area (Å²) in [7, 11) is -5.25. The summed E-state index contributed by atoms with van der Waals surface area (Å²) in [5, 5.41) is 10.3. The van der Waals surface area contributed by atoms with Crippen molar-refractivity contribution in [2.24, 2.45) is 11.7 Å². The quantitative estimate of drug-likeness (QED) is 0.289. The maximum absolute atomic E-state index is 14.9. The van der Waals surface area contributed by atoms with E-state index in [1.165, 1.54) is 34.6 Å². The molecule has 0 saturated heterocycles. The van der Waals surface area contributed by atoms with Gasteiger partial charge in [0.25, 0.3) is 5.91 Å². The number of amides is 1. The summed E-state index contributed by atoms with van der Waals surface area (Å²) in [6, 6.07) is 11.5. The van der Waals surface area contributed by atoms with Crippen LogP contribution in [0.3, 0.4) is 0 Å². The van der Waals surface area contributed by atoms with Crippen molar-refractivity contribution >= 4 is 45.2 Å². The number of nitrogens with zero attached hydrogens (tertiary/aromatic N) is 1. The van der Waals surface area contributed by atoms with E-state index in [1.54, 1.807) is 18.2 Å². The highest BCUT2D eigenvalue weighted by Crippen LogP contribution is 2.40. The van der Waals surface area contributed by atoms with Crippen LogP contribution >= 0.6 is 0 Å². The normalized spacial score (nSPS) is 15.0. The average molecular weight is 580 g/mol. The standard InChI is InChI=1S/C29H27BF2N2O6S/c1-41(37,38)34(14-17-10-20-15-39-30(36)27(20)23(32)11-17)24-13-25-22(12-19(24)5-4-16-2-3-16)26(29(33)35)28(40-25)18-6-8-21(31)9-7-18/h6-13,16,36H,2-5,14-15H2,1H3,(H2,33,35). The molecular formula is C29H27BF2N2O6S. The van der Waals surface area contributed by atoms with Crippen LogP contribution in [0, 0.1) is 17.6 Å². The van der Waals surface area contributed by atoms with Crippen molar-refractivity contribution in [2.75, 3.05) is 10.6 Å². The Morgan fingerprint density at radius 3 is 2.54 bits per heavy atom. The molecule has 12 heteroatoms. The van der Waals surface area contributed by atoms with Crippen molar-refractivity contribution in [2.45, 2.75) is 38.8 Å². The molecule has 1 saturated carbocycles. The highest BCUT2D eigenvalue weighted by Gasteiger charge is 2.33. The van der Waals surface area contributed by atoms with Crippen LogP contribution in [0.25, 0.3) is 22.3 Å². The molecule has 0 atom stereocenters. The van der Waals surface area contributed by atoms with Gasteiger partial charge in [0.15, 0.2) is 0 Å². The summed E-state index contributed by atoms with van der Waals surface area (Å²) >= 11 is 0. The summed E-state index contributed by atoms with van der Waals surface area (Å²) in [6.07, 6.45) is 4.63. The molecule has 41 heavy (non-hydrogen) atoms. The zero-order valence-electron chi connectivity index (χ0n) is 22.2. The van der Waals surface area contributed by atoms with Crippen molar-refractivity contribution in [1.82, 2.24) is 0 Å². The molecule has 2 aliphatic rings. The molecule has 2 heterocycles. The number of halogens is 2. The van der Waals surface area contributed by atoms with Crippen LogP contribution in [0.2, 0.25) is 0 Å². The Morgan fingerprint density at radius 2 is 1.88 bits per heavy atom. The van der Waals surface area contributed by atoms with Gasteiger partial charge < -0.3 is 19.8 Å². The zero-order chi connectivity index (χ0) is 29.1. The SMILES string of the molecule is CS(=O)(=O)N(Cc1cc(F)c2c(c1)COB2O)c1cc2oc(-c3ccc(F)cc3)c(C(N)=O)c2cc1CCC1CC1. The summed E-state index contributed by atoms with van der Waals surface area (Å²) in [5.74, 6) is -1.17. The number of anilines is 1. The largest absolute Gasteiger partial charge is 0.494 e. The maximum atomic E-state index is 14.9. The number of sulfonamides is 1. The molecule has 1 amide bonds. The molecular weight excluding hydrogens is 553 g/mol. The number of hydrogen-bond donors (Lipinski definition) is 2. The van der Waals surface area contributed by atoms with E-state index in [4.69, 9.17) is 14.8 Å². The summed E-state index contributed by atoms with van der Waals surface area (Å²) in [6.45, 7) is -0.178. The van der Waals surface area contributed by atoms with Crippen molar-refractivity contribution < 1.29 is 36.1 Å². The van der Waals surface area contributed by atoms with Crippen LogP contribution < -0.4 is 15.5 Å². The number of benzene rings is 3. The van der Waals surface area contributed by atoms with Gasteiger partial charge in [-0.15, -0.1) is 0 Å². The number of furan rings is 1. The number of rotatable bonds is 9. The summed E-state index contributed by atoms with van der Waals surface area (Å²) in [4.78, 5) is 12.6. The van der Waals surface area contributed by atoms with E-state index in [2.05, 4.69) is 0 Å². The Bertz CT molecular complexity index is 1790. The van der Waals surface area contributed by atoms with Crippen LogP contribution in [-0.4, -0.2) is 32.7 Å². The number of hydrogen-bond acceptors (Lipinski definition) is 6. The fraction of sp³-hybridized carbons (Fsp3) is 0.276. The van der Waals surface area contributed by atoms with Gasteiger partial charge in [0.2, 0.25) is 10.0 Å². The molecule has 3 N–H and O–H groups in total. The Balaban J connectivity index is 1.50. The highest BCUT2D eigenvalue weighted by molar-refractivity contribution is 7.92. The van der Waals surface area contributed by atoms with Crippen LogP contribution in [-0.2, 0) is 34.3 Å². The van der Waals surface area contributed by atoms with E-state index in [0.29, 0.717) is 45.7 Å². The van der Waals surface area contributed by atoms with Gasteiger partial charge in [-0.2, -0.15) is 0 Å². The van der Waals surface area contributed by atoms with Crippen LogP contribution in [0.5, 0.6) is 0 Å². The molecule has 1 fully saturated rings. The number of primary amides is 1. The number of nitrogens with two attached hydrogens (primary N) is 1. The second-order valence-corrected chi connectivity index (χ2v) is 12.6. The van der Waals surface area contributed by atoms with Gasteiger partial charge in [-0.1, -0.05) is 18.9 Å². The summed E-state index contributed by atoms with van der Waals surface area (Å²) in [5.41, 5.74) is 8.45. The summed E-state index contributed by atoms with van der Waals surface area (Å²) < 4.78 is 67.3. The third-order valence-electron chi connectivity index (χ3n) is 7.67. The van der Waals surface area contributed by atoms with Gasteiger partial charge in [0.1, 0.15) is 23.0 Å². The third kappa shape index (κ3) is 5.34. The Labute approximate surface area is 235 Å². The smallest absolute Gasteiger partial charge is 0.455 e. The van der Waals surface area contributed by atoms with Gasteiger partial charge >= 0.3 is 7.12 Å². The molecule has 0 radical (unpaired) electrons. The van der Waals surface area contributed by atoms with Gasteiger partial charge in [0.05, 0.1) is 30.7 Å². The lowest BCUT2D eigenvalue weighted by Crippen LogP contribution is -2.33. The minimum Gasteiger partial charge on any atom is -0.455 e. The van der Waals surface area contributed by atoms with E-state index in [9.17, 15) is 27.0 Å². The van der Waals surface area contributed by atoms with Crippen LogP contribution in [0.1, 0.15) is 46.3 Å². The maximum Gasteiger partial charge on any atom is 0.494 e. The van der Waals surface area contributed by atoms with E-state index in [-0.39, 0.29) is 35.5 Å². The van der Waals surface area contributed by atoms with E-state index >= 15 is 0 Å². The van der Waals surface area contributed by atoms with Gasteiger partial charge in [-0.3, -0.25) is 9.10 Å². The number of carbonyl (C=O) groups excluding carboxylic acids is 1.